The topological polar surface area (TPSA) is 62.7 Å². The number of aromatic nitrogens is 3. The number of imidazole rings is 1. The van der Waals surface area contributed by atoms with Crippen molar-refractivity contribution in [3.05, 3.63) is 53.7 Å². The molecule has 4 rings (SSSR count). The number of fused-ring (bicyclic) bond motifs is 1. The van der Waals surface area contributed by atoms with Crippen molar-refractivity contribution >= 4 is 28.4 Å². The second-order valence-corrected chi connectivity index (χ2v) is 6.82. The van der Waals surface area contributed by atoms with Gasteiger partial charge in [-0.2, -0.15) is 0 Å². The third-order valence-electron chi connectivity index (χ3n) is 4.72. The van der Waals surface area contributed by atoms with E-state index < -0.39 is 0 Å². The lowest BCUT2D eigenvalue weighted by Crippen LogP contribution is -2.39. The molecule has 2 atom stereocenters. The maximum Gasteiger partial charge on any atom is 0.226 e. The summed E-state index contributed by atoms with van der Waals surface area (Å²) in [5.41, 5.74) is 1.90. The van der Waals surface area contributed by atoms with Gasteiger partial charge in [0.15, 0.2) is 0 Å². The zero-order valence-corrected chi connectivity index (χ0v) is 14.0. The first-order valence-electron chi connectivity index (χ1n) is 8.23. The number of aromatic amines is 1. The Labute approximate surface area is 145 Å². The van der Waals surface area contributed by atoms with E-state index in [2.05, 4.69) is 19.9 Å². The Morgan fingerprint density at radius 2 is 2.29 bits per heavy atom. The monoisotopic (exact) mass is 342 g/mol. The molecule has 6 heteroatoms. The number of carbonyl (C=O) groups is 1. The van der Waals surface area contributed by atoms with Crippen LogP contribution in [0.3, 0.4) is 0 Å². The number of rotatable bonds is 4. The van der Waals surface area contributed by atoms with Crippen molar-refractivity contribution in [1.82, 2.24) is 19.9 Å². The Morgan fingerprint density at radius 1 is 1.38 bits per heavy atom. The van der Waals surface area contributed by atoms with E-state index in [-0.39, 0.29) is 11.9 Å². The fourth-order valence-corrected chi connectivity index (χ4v) is 3.80. The van der Waals surface area contributed by atoms with Gasteiger partial charge in [-0.05, 0) is 43.5 Å². The molecule has 0 saturated heterocycles. The van der Waals surface area contributed by atoms with Crippen molar-refractivity contribution in [2.45, 2.75) is 37.8 Å². The molecule has 5 nitrogen and oxygen atoms in total. The number of carbonyl (C=O) groups excluding carboxylic acids is 1. The van der Waals surface area contributed by atoms with E-state index in [0.717, 1.165) is 35.9 Å². The van der Waals surface area contributed by atoms with E-state index in [0.29, 0.717) is 17.5 Å². The third kappa shape index (κ3) is 3.04. The zero-order chi connectivity index (χ0) is 16.5. The number of nitrogens with zero attached hydrogens (tertiary/aromatic N) is 2. The molecule has 1 aliphatic carbocycles. The molecule has 0 unspecified atom stereocenters. The standard InChI is InChI=1S/C18H19ClN4O/c19-13-4-5-15-12(8-13)9-14(21-15)10-18(24)22-16-2-1-3-17(16)23-7-6-20-11-23/h4-9,11,16-17,21H,1-3,10H2,(H,22,24)/t16-,17+/m1/s1. The van der Waals surface area contributed by atoms with Crippen molar-refractivity contribution in [3.63, 3.8) is 0 Å². The molecule has 1 saturated carbocycles. The molecule has 1 aromatic carbocycles. The SMILES string of the molecule is O=C(Cc1cc2cc(Cl)ccc2[nH]1)N[C@@H]1CCC[C@@H]1n1ccnc1. The van der Waals surface area contributed by atoms with Crippen molar-refractivity contribution in [1.29, 1.82) is 0 Å². The summed E-state index contributed by atoms with van der Waals surface area (Å²) in [7, 11) is 0. The van der Waals surface area contributed by atoms with Crippen LogP contribution in [0.5, 0.6) is 0 Å². The maximum atomic E-state index is 12.4. The predicted octanol–water partition coefficient (Wildman–Crippen LogP) is 3.47. The highest BCUT2D eigenvalue weighted by molar-refractivity contribution is 6.31. The normalized spacial score (nSPS) is 20.5. The average Bonchev–Trinajstić information content (AvgIpc) is 3.25. The molecular formula is C18H19ClN4O. The van der Waals surface area contributed by atoms with Gasteiger partial charge in [-0.3, -0.25) is 4.79 Å². The summed E-state index contributed by atoms with van der Waals surface area (Å²) in [5.74, 6) is 0.0460. The van der Waals surface area contributed by atoms with Gasteiger partial charge in [0.25, 0.3) is 0 Å². The average molecular weight is 343 g/mol. The van der Waals surface area contributed by atoms with Gasteiger partial charge in [-0.1, -0.05) is 11.6 Å². The first-order chi connectivity index (χ1) is 11.7. The Bertz CT molecular complexity index is 855. The van der Waals surface area contributed by atoms with Crippen LogP contribution in [0.1, 0.15) is 31.0 Å². The van der Waals surface area contributed by atoms with Gasteiger partial charge in [0.1, 0.15) is 0 Å². The molecule has 2 N–H and O–H groups in total. The minimum absolute atomic E-state index is 0.0460. The highest BCUT2D eigenvalue weighted by Crippen LogP contribution is 2.30. The predicted molar refractivity (Wildman–Crippen MR) is 94.1 cm³/mol. The molecule has 0 radical (unpaired) electrons. The van der Waals surface area contributed by atoms with E-state index >= 15 is 0 Å². The largest absolute Gasteiger partial charge is 0.358 e. The molecule has 2 heterocycles. The Balaban J connectivity index is 1.44. The molecule has 1 aliphatic rings. The van der Waals surface area contributed by atoms with Crippen molar-refractivity contribution in [2.24, 2.45) is 0 Å². The first-order valence-corrected chi connectivity index (χ1v) is 8.61. The second-order valence-electron chi connectivity index (χ2n) is 6.39. The Morgan fingerprint density at radius 3 is 3.12 bits per heavy atom. The van der Waals surface area contributed by atoms with Gasteiger partial charge in [0.05, 0.1) is 18.8 Å². The molecule has 24 heavy (non-hydrogen) atoms. The van der Waals surface area contributed by atoms with Crippen LogP contribution in [-0.2, 0) is 11.2 Å². The van der Waals surface area contributed by atoms with Gasteiger partial charge in [0.2, 0.25) is 5.91 Å². The van der Waals surface area contributed by atoms with Crippen molar-refractivity contribution in [3.8, 4) is 0 Å². The fraction of sp³-hybridized carbons (Fsp3) is 0.333. The summed E-state index contributed by atoms with van der Waals surface area (Å²) in [6.07, 6.45) is 9.14. The van der Waals surface area contributed by atoms with Gasteiger partial charge in [-0.15, -0.1) is 0 Å². The number of halogens is 1. The lowest BCUT2D eigenvalue weighted by Gasteiger charge is -2.22. The molecule has 0 spiro atoms. The summed E-state index contributed by atoms with van der Waals surface area (Å²) < 4.78 is 2.10. The van der Waals surface area contributed by atoms with E-state index in [1.165, 1.54) is 0 Å². The maximum absolute atomic E-state index is 12.4. The summed E-state index contributed by atoms with van der Waals surface area (Å²) in [6, 6.07) is 8.15. The summed E-state index contributed by atoms with van der Waals surface area (Å²) >= 11 is 6.01. The zero-order valence-electron chi connectivity index (χ0n) is 13.2. The molecule has 3 aromatic rings. The van der Waals surface area contributed by atoms with Crippen LogP contribution in [-0.4, -0.2) is 26.5 Å². The minimum Gasteiger partial charge on any atom is -0.358 e. The Kier molecular flexibility index (Phi) is 4.02. The van der Waals surface area contributed by atoms with Gasteiger partial charge < -0.3 is 14.9 Å². The number of nitrogens with one attached hydrogen (secondary N) is 2. The molecule has 124 valence electrons. The summed E-state index contributed by atoms with van der Waals surface area (Å²) in [5, 5.41) is 4.92. The molecule has 0 aliphatic heterocycles. The third-order valence-corrected chi connectivity index (χ3v) is 4.96. The fourth-order valence-electron chi connectivity index (χ4n) is 3.62. The van der Waals surface area contributed by atoms with E-state index in [1.807, 2.05) is 36.8 Å². The van der Waals surface area contributed by atoms with Crippen LogP contribution < -0.4 is 5.32 Å². The summed E-state index contributed by atoms with van der Waals surface area (Å²) in [4.78, 5) is 19.8. The molecule has 1 fully saturated rings. The van der Waals surface area contributed by atoms with Crippen LogP contribution in [0.15, 0.2) is 43.0 Å². The second kappa shape index (κ2) is 6.32. The van der Waals surface area contributed by atoms with Crippen molar-refractivity contribution < 1.29 is 4.79 Å². The quantitative estimate of drug-likeness (QED) is 0.762. The van der Waals surface area contributed by atoms with E-state index in [4.69, 9.17) is 11.6 Å². The van der Waals surface area contributed by atoms with E-state index in [9.17, 15) is 4.79 Å². The first kappa shape index (κ1) is 15.3. The van der Waals surface area contributed by atoms with E-state index in [1.54, 1.807) is 6.20 Å². The van der Waals surface area contributed by atoms with Crippen LogP contribution in [0.4, 0.5) is 0 Å². The lowest BCUT2D eigenvalue weighted by atomic mass is 10.1. The Hall–Kier alpha value is -2.27. The number of benzene rings is 1. The van der Waals surface area contributed by atoms with Crippen LogP contribution in [0.2, 0.25) is 5.02 Å². The van der Waals surface area contributed by atoms with Gasteiger partial charge in [0, 0.05) is 40.1 Å². The number of amides is 1. The molecule has 0 bridgehead atoms. The van der Waals surface area contributed by atoms with Gasteiger partial charge >= 0.3 is 0 Å². The van der Waals surface area contributed by atoms with Crippen LogP contribution >= 0.6 is 11.6 Å². The minimum atomic E-state index is 0.0460. The van der Waals surface area contributed by atoms with Gasteiger partial charge in [-0.25, -0.2) is 4.98 Å². The lowest BCUT2D eigenvalue weighted by molar-refractivity contribution is -0.121. The van der Waals surface area contributed by atoms with Crippen LogP contribution in [0.25, 0.3) is 10.9 Å². The molecule has 2 aromatic heterocycles. The van der Waals surface area contributed by atoms with Crippen LogP contribution in [0, 0.1) is 0 Å². The molecule has 1 amide bonds. The number of H-pyrrole nitrogens is 1. The van der Waals surface area contributed by atoms with Crippen molar-refractivity contribution in [2.75, 3.05) is 0 Å². The summed E-state index contributed by atoms with van der Waals surface area (Å²) in [6.45, 7) is 0. The highest BCUT2D eigenvalue weighted by atomic mass is 35.5. The smallest absolute Gasteiger partial charge is 0.226 e. The number of hydrogen-bond donors (Lipinski definition) is 2. The highest BCUT2D eigenvalue weighted by Gasteiger charge is 2.29. The molecular weight excluding hydrogens is 324 g/mol. The number of hydrogen-bond acceptors (Lipinski definition) is 2.